The second kappa shape index (κ2) is 11.8. The predicted octanol–water partition coefficient (Wildman–Crippen LogP) is 6.41. The van der Waals surface area contributed by atoms with E-state index >= 15 is 0 Å². The molecule has 0 aromatic heterocycles. The lowest BCUT2D eigenvalue weighted by Gasteiger charge is -2.44. The summed E-state index contributed by atoms with van der Waals surface area (Å²) >= 11 is 6.40. The van der Waals surface area contributed by atoms with Crippen LogP contribution in [0.4, 0.5) is 5.69 Å². The van der Waals surface area contributed by atoms with Gasteiger partial charge < -0.3 is 9.64 Å². The molecule has 1 spiro atoms. The van der Waals surface area contributed by atoms with Crippen molar-refractivity contribution in [1.29, 1.82) is 5.26 Å². The molecule has 0 saturated heterocycles. The van der Waals surface area contributed by atoms with Gasteiger partial charge >= 0.3 is 0 Å². The third-order valence-electron chi connectivity index (χ3n) is 10.4. The molecule has 2 aliphatic heterocycles. The van der Waals surface area contributed by atoms with Crippen LogP contribution in [0.2, 0.25) is 5.02 Å². The fourth-order valence-electron chi connectivity index (χ4n) is 7.52. The van der Waals surface area contributed by atoms with Crippen LogP contribution >= 0.6 is 11.6 Å². The Morgan fingerprint density at radius 1 is 1.16 bits per heavy atom. The standard InChI is InChI=1S/C34H40ClN3O4S/c1-22-16-24(13-15-36)5-6-25-7-8-28(25)19-38-20-34(14-3-4-26-17-29(35)10-11-30(26)34)21-42-32-12-9-27(18-31(32)38)33(39)37-43(40,41)23(22)2/h5-6,9-12,17-18,22-25,28H,3-4,7-8,13-14,16,19-21H2,1-2H3,(H,37,39)/b6-5-/t22-,23+,24-,25+,28-,34-/m0/s1. The number of amides is 1. The Bertz CT molecular complexity index is 1580. The Kier molecular flexibility index (Phi) is 8.25. The first-order valence-electron chi connectivity index (χ1n) is 15.5. The SMILES string of the molecule is C[C@@H]1[C@@H](C)C[C@H](CC#N)/C=C\[C@@H]2CC[C@H]2CN2C[C@@]3(CCCc4cc(Cl)ccc43)COc3ccc(cc32)C(=O)NS1(=O)=O. The van der Waals surface area contributed by atoms with E-state index < -0.39 is 21.2 Å². The molecule has 2 bridgehead atoms. The second-order valence-corrected chi connectivity index (χ2v) is 15.7. The van der Waals surface area contributed by atoms with Crippen LogP contribution in [0.1, 0.15) is 73.9 Å². The van der Waals surface area contributed by atoms with E-state index in [1.165, 1.54) is 11.1 Å². The van der Waals surface area contributed by atoms with Gasteiger partial charge in [0.25, 0.3) is 5.91 Å². The molecule has 2 aromatic rings. The van der Waals surface area contributed by atoms with Gasteiger partial charge in [-0.05, 0) is 111 Å². The number of hydrogen-bond acceptors (Lipinski definition) is 6. The van der Waals surface area contributed by atoms with Gasteiger partial charge in [0.05, 0.1) is 23.6 Å². The number of nitrogens with one attached hydrogen (secondary N) is 1. The van der Waals surface area contributed by atoms with Crippen molar-refractivity contribution in [2.24, 2.45) is 23.7 Å². The largest absolute Gasteiger partial charge is 0.490 e. The van der Waals surface area contributed by atoms with Crippen molar-refractivity contribution in [3.05, 3.63) is 70.3 Å². The van der Waals surface area contributed by atoms with Gasteiger partial charge in [-0.25, -0.2) is 13.1 Å². The van der Waals surface area contributed by atoms with Gasteiger partial charge in [-0.2, -0.15) is 5.26 Å². The van der Waals surface area contributed by atoms with Crippen LogP contribution in [-0.4, -0.2) is 39.3 Å². The minimum atomic E-state index is -3.95. The minimum Gasteiger partial charge on any atom is -0.490 e. The number of halogens is 1. The van der Waals surface area contributed by atoms with Crippen LogP contribution in [0.3, 0.4) is 0 Å². The summed E-state index contributed by atoms with van der Waals surface area (Å²) in [4.78, 5) is 15.8. The molecule has 1 N–H and O–H groups in total. The molecule has 2 heterocycles. The number of aryl methyl sites for hydroxylation is 1. The number of nitriles is 1. The Morgan fingerprint density at radius 3 is 2.77 bits per heavy atom. The third-order valence-corrected chi connectivity index (χ3v) is 12.6. The van der Waals surface area contributed by atoms with Crippen molar-refractivity contribution in [2.45, 2.75) is 69.5 Å². The molecule has 228 valence electrons. The summed E-state index contributed by atoms with van der Waals surface area (Å²) in [7, 11) is -3.95. The molecule has 1 saturated carbocycles. The molecule has 0 radical (unpaired) electrons. The summed E-state index contributed by atoms with van der Waals surface area (Å²) in [6, 6.07) is 13.8. The molecule has 6 rings (SSSR count). The zero-order valence-corrected chi connectivity index (χ0v) is 26.5. The monoisotopic (exact) mass is 621 g/mol. The van der Waals surface area contributed by atoms with Gasteiger partial charge in [-0.3, -0.25) is 4.79 Å². The highest BCUT2D eigenvalue weighted by Crippen LogP contribution is 2.46. The van der Waals surface area contributed by atoms with Crippen molar-refractivity contribution in [2.75, 3.05) is 24.6 Å². The summed E-state index contributed by atoms with van der Waals surface area (Å²) in [5, 5.41) is 9.45. The minimum absolute atomic E-state index is 0.0396. The number of benzene rings is 2. The molecule has 0 unspecified atom stereocenters. The number of sulfonamides is 1. The van der Waals surface area contributed by atoms with E-state index in [1.54, 1.807) is 19.1 Å². The number of ether oxygens (including phenoxy) is 1. The Labute approximate surface area is 260 Å². The third kappa shape index (κ3) is 5.91. The molecule has 6 atom stereocenters. The predicted molar refractivity (Wildman–Crippen MR) is 169 cm³/mol. The summed E-state index contributed by atoms with van der Waals surface area (Å²) in [5.74, 6) is 0.609. The highest BCUT2D eigenvalue weighted by atomic mass is 35.5. The van der Waals surface area contributed by atoms with Crippen LogP contribution in [0.15, 0.2) is 48.6 Å². The highest BCUT2D eigenvalue weighted by Gasteiger charge is 2.43. The van der Waals surface area contributed by atoms with E-state index in [0.29, 0.717) is 42.6 Å². The zero-order valence-electron chi connectivity index (χ0n) is 24.9. The number of carbonyl (C=O) groups excluding carboxylic acids is 1. The molecule has 1 fully saturated rings. The van der Waals surface area contributed by atoms with Crippen molar-refractivity contribution in [3.8, 4) is 11.8 Å². The number of nitrogens with zero attached hydrogens (tertiary/aromatic N) is 2. The molecule has 2 aromatic carbocycles. The first-order chi connectivity index (χ1) is 20.6. The molecule has 7 nitrogen and oxygen atoms in total. The second-order valence-electron chi connectivity index (χ2n) is 13.2. The van der Waals surface area contributed by atoms with Crippen molar-refractivity contribution < 1.29 is 17.9 Å². The van der Waals surface area contributed by atoms with Crippen LogP contribution < -0.4 is 14.4 Å². The van der Waals surface area contributed by atoms with Gasteiger partial charge in [0, 0.05) is 35.5 Å². The molecule has 1 amide bonds. The first-order valence-corrected chi connectivity index (χ1v) is 17.4. The smallest absolute Gasteiger partial charge is 0.264 e. The van der Waals surface area contributed by atoms with E-state index in [2.05, 4.69) is 40.0 Å². The van der Waals surface area contributed by atoms with E-state index in [1.807, 2.05) is 19.1 Å². The Balaban J connectivity index is 1.42. The van der Waals surface area contributed by atoms with E-state index in [9.17, 15) is 18.5 Å². The Hall–Kier alpha value is -3.02. The van der Waals surface area contributed by atoms with Crippen LogP contribution in [0.25, 0.3) is 0 Å². The van der Waals surface area contributed by atoms with Gasteiger partial charge in [0.15, 0.2) is 0 Å². The van der Waals surface area contributed by atoms with Crippen molar-refractivity contribution in [1.82, 2.24) is 4.72 Å². The molecule has 2 aliphatic carbocycles. The van der Waals surface area contributed by atoms with Crippen molar-refractivity contribution >= 4 is 33.2 Å². The van der Waals surface area contributed by atoms with Gasteiger partial charge in [-0.15, -0.1) is 0 Å². The number of hydrogen-bond donors (Lipinski definition) is 1. The fraction of sp³-hybridized carbons (Fsp3) is 0.529. The number of carbonyl (C=O) groups is 1. The number of rotatable bonds is 1. The average Bonchev–Trinajstić information content (AvgIpc) is 3.11. The van der Waals surface area contributed by atoms with Crippen LogP contribution in [0.5, 0.6) is 5.75 Å². The van der Waals surface area contributed by atoms with E-state index in [4.69, 9.17) is 16.3 Å². The topological polar surface area (TPSA) is 99.5 Å². The van der Waals surface area contributed by atoms with E-state index in [-0.39, 0.29) is 17.3 Å². The molecular formula is C34H40ClN3O4S. The maximum atomic E-state index is 13.4. The first kappa shape index (κ1) is 30.0. The van der Waals surface area contributed by atoms with Gasteiger partial charge in [-0.1, -0.05) is 36.7 Å². The van der Waals surface area contributed by atoms with Gasteiger partial charge in [0.2, 0.25) is 10.0 Å². The van der Waals surface area contributed by atoms with Crippen LogP contribution in [-0.2, 0) is 21.9 Å². The molecule has 43 heavy (non-hydrogen) atoms. The lowest BCUT2D eigenvalue weighted by atomic mass is 9.69. The van der Waals surface area contributed by atoms with E-state index in [0.717, 1.165) is 55.9 Å². The maximum Gasteiger partial charge on any atom is 0.264 e. The zero-order chi connectivity index (χ0) is 30.4. The normalized spacial score (nSPS) is 32.6. The molecular weight excluding hydrogens is 582 g/mol. The fourth-order valence-corrected chi connectivity index (χ4v) is 9.00. The number of allylic oxidation sites excluding steroid dienone is 2. The Morgan fingerprint density at radius 2 is 2.00 bits per heavy atom. The van der Waals surface area contributed by atoms with Crippen LogP contribution in [0, 0.1) is 35.0 Å². The summed E-state index contributed by atoms with van der Waals surface area (Å²) in [6.45, 7) is 5.57. The van der Waals surface area contributed by atoms with Gasteiger partial charge in [0.1, 0.15) is 5.75 Å². The maximum absolute atomic E-state index is 13.4. The lowest BCUT2D eigenvalue weighted by Crippen LogP contribution is -2.48. The quantitative estimate of drug-likeness (QED) is 0.369. The van der Waals surface area contributed by atoms with Crippen molar-refractivity contribution in [3.63, 3.8) is 0 Å². The number of anilines is 1. The summed E-state index contributed by atoms with van der Waals surface area (Å²) in [6.07, 6.45) is 10.5. The molecule has 4 aliphatic rings. The lowest BCUT2D eigenvalue weighted by molar-refractivity contribution is 0.0980. The summed E-state index contributed by atoms with van der Waals surface area (Å²) in [5.41, 5.74) is 3.43. The highest BCUT2D eigenvalue weighted by molar-refractivity contribution is 7.90. The molecule has 9 heteroatoms. The summed E-state index contributed by atoms with van der Waals surface area (Å²) < 4.78 is 35.5. The average molecular weight is 622 g/mol. The number of fused-ring (bicyclic) bond motifs is 4.